The van der Waals surface area contributed by atoms with Gasteiger partial charge >= 0.3 is 0 Å². The lowest BCUT2D eigenvalue weighted by atomic mass is 10.1. The zero-order valence-corrected chi connectivity index (χ0v) is 16.6. The number of nitrogens with zero attached hydrogens (tertiary/aromatic N) is 2. The Bertz CT molecular complexity index is 1290. The van der Waals surface area contributed by atoms with Gasteiger partial charge < -0.3 is 5.11 Å². The molecule has 4 nitrogen and oxygen atoms in total. The SMILES string of the molecule is CCc1ccccc1N=Cc1c(O)n(-c2ccccc2Cl)c(=O)c2ccccc12. The first-order chi connectivity index (χ1) is 14.1. The maximum atomic E-state index is 13.1. The lowest BCUT2D eigenvalue weighted by Gasteiger charge is -2.14. The number of pyridine rings is 1. The molecule has 0 spiro atoms. The van der Waals surface area contributed by atoms with Gasteiger partial charge in [0.2, 0.25) is 5.88 Å². The van der Waals surface area contributed by atoms with Crippen molar-refractivity contribution >= 4 is 34.3 Å². The van der Waals surface area contributed by atoms with Gasteiger partial charge in [0.25, 0.3) is 5.56 Å². The zero-order chi connectivity index (χ0) is 20.4. The van der Waals surface area contributed by atoms with Crippen LogP contribution in [0.25, 0.3) is 16.5 Å². The van der Waals surface area contributed by atoms with E-state index < -0.39 is 0 Å². The molecule has 1 N–H and O–H groups in total. The standard InChI is InChI=1S/C24H19ClN2O2/c1-2-16-9-3-7-13-21(16)26-15-19-17-10-4-5-11-18(17)23(28)27(24(19)29)22-14-8-6-12-20(22)25/h3-15,29H,2H2,1H3. The normalized spacial score (nSPS) is 11.4. The van der Waals surface area contributed by atoms with Crippen molar-refractivity contribution in [3.05, 3.63) is 99.3 Å². The Balaban J connectivity index is 2.00. The van der Waals surface area contributed by atoms with Gasteiger partial charge in [0.05, 0.1) is 22.0 Å². The van der Waals surface area contributed by atoms with E-state index in [1.807, 2.05) is 30.3 Å². The van der Waals surface area contributed by atoms with E-state index in [0.29, 0.717) is 27.0 Å². The van der Waals surface area contributed by atoms with Gasteiger partial charge in [-0.1, -0.05) is 67.1 Å². The fraction of sp³-hybridized carbons (Fsp3) is 0.0833. The van der Waals surface area contributed by atoms with E-state index in [-0.39, 0.29) is 11.4 Å². The van der Waals surface area contributed by atoms with Crippen molar-refractivity contribution in [1.29, 1.82) is 0 Å². The van der Waals surface area contributed by atoms with Crippen LogP contribution in [0.5, 0.6) is 5.88 Å². The molecule has 5 heteroatoms. The minimum atomic E-state index is -0.336. The Morgan fingerprint density at radius 2 is 1.62 bits per heavy atom. The molecule has 0 saturated heterocycles. The van der Waals surface area contributed by atoms with Crippen LogP contribution in [0, 0.1) is 0 Å². The summed E-state index contributed by atoms with van der Waals surface area (Å²) in [6.45, 7) is 2.07. The molecular formula is C24H19ClN2O2. The van der Waals surface area contributed by atoms with Gasteiger partial charge in [-0.3, -0.25) is 9.79 Å². The number of halogens is 1. The largest absolute Gasteiger partial charge is 0.494 e. The van der Waals surface area contributed by atoms with Gasteiger partial charge in [0.15, 0.2) is 0 Å². The van der Waals surface area contributed by atoms with Crippen molar-refractivity contribution in [2.75, 3.05) is 0 Å². The molecule has 3 aromatic carbocycles. The maximum absolute atomic E-state index is 13.1. The summed E-state index contributed by atoms with van der Waals surface area (Å²) >= 11 is 6.31. The summed E-state index contributed by atoms with van der Waals surface area (Å²) in [4.78, 5) is 17.7. The van der Waals surface area contributed by atoms with Crippen LogP contribution < -0.4 is 5.56 Å². The quantitative estimate of drug-likeness (QED) is 0.447. The van der Waals surface area contributed by atoms with Crippen molar-refractivity contribution in [3.63, 3.8) is 0 Å². The van der Waals surface area contributed by atoms with Gasteiger partial charge in [0.1, 0.15) is 0 Å². The van der Waals surface area contributed by atoms with Crippen LogP contribution in [0.1, 0.15) is 18.1 Å². The van der Waals surface area contributed by atoms with E-state index in [4.69, 9.17) is 11.6 Å². The number of hydrogen-bond donors (Lipinski definition) is 1. The second-order valence-corrected chi connectivity index (χ2v) is 7.02. The molecule has 4 aromatic rings. The third kappa shape index (κ3) is 3.43. The zero-order valence-electron chi connectivity index (χ0n) is 15.8. The summed E-state index contributed by atoms with van der Waals surface area (Å²) in [5.74, 6) is -0.195. The van der Waals surface area contributed by atoms with Gasteiger partial charge in [-0.05, 0) is 36.2 Å². The van der Waals surface area contributed by atoms with Gasteiger partial charge in [-0.25, -0.2) is 4.57 Å². The van der Waals surface area contributed by atoms with Crippen LogP contribution in [-0.2, 0) is 6.42 Å². The summed E-state index contributed by atoms with van der Waals surface area (Å²) in [5.41, 5.74) is 2.48. The van der Waals surface area contributed by atoms with E-state index >= 15 is 0 Å². The monoisotopic (exact) mass is 402 g/mol. The number of aromatic hydroxyl groups is 1. The number of hydrogen-bond acceptors (Lipinski definition) is 3. The molecule has 0 amide bonds. The summed E-state index contributed by atoms with van der Waals surface area (Å²) in [6, 6.07) is 22.0. The molecule has 29 heavy (non-hydrogen) atoms. The summed E-state index contributed by atoms with van der Waals surface area (Å²) in [7, 11) is 0. The number of benzene rings is 3. The average molecular weight is 403 g/mol. The molecule has 0 aliphatic heterocycles. The molecule has 0 unspecified atom stereocenters. The summed E-state index contributed by atoms with van der Waals surface area (Å²) in [6.07, 6.45) is 2.46. The first kappa shape index (κ1) is 19.0. The first-order valence-electron chi connectivity index (χ1n) is 9.35. The first-order valence-corrected chi connectivity index (χ1v) is 9.73. The van der Waals surface area contributed by atoms with Crippen LogP contribution in [0.15, 0.2) is 82.6 Å². The highest BCUT2D eigenvalue weighted by Gasteiger charge is 2.17. The van der Waals surface area contributed by atoms with E-state index in [0.717, 1.165) is 17.7 Å². The molecule has 144 valence electrons. The fourth-order valence-corrected chi connectivity index (χ4v) is 3.64. The Morgan fingerprint density at radius 1 is 0.966 bits per heavy atom. The third-order valence-corrected chi connectivity index (χ3v) is 5.22. The molecule has 0 saturated carbocycles. The lowest BCUT2D eigenvalue weighted by molar-refractivity contribution is 0.436. The second kappa shape index (κ2) is 7.94. The predicted molar refractivity (Wildman–Crippen MR) is 119 cm³/mol. The fourth-order valence-electron chi connectivity index (χ4n) is 3.42. The van der Waals surface area contributed by atoms with Crippen molar-refractivity contribution in [2.45, 2.75) is 13.3 Å². The van der Waals surface area contributed by atoms with E-state index in [9.17, 15) is 9.90 Å². The van der Waals surface area contributed by atoms with Crippen molar-refractivity contribution in [2.24, 2.45) is 4.99 Å². The molecule has 0 atom stereocenters. The molecular weight excluding hydrogens is 384 g/mol. The van der Waals surface area contributed by atoms with E-state index in [1.54, 1.807) is 48.7 Å². The Morgan fingerprint density at radius 3 is 2.38 bits per heavy atom. The van der Waals surface area contributed by atoms with Crippen molar-refractivity contribution in [3.8, 4) is 11.6 Å². The van der Waals surface area contributed by atoms with Crippen LogP contribution in [0.3, 0.4) is 0 Å². The van der Waals surface area contributed by atoms with Gasteiger partial charge in [-0.2, -0.15) is 0 Å². The van der Waals surface area contributed by atoms with Gasteiger partial charge in [0, 0.05) is 17.0 Å². The Labute approximate surface area is 173 Å². The average Bonchev–Trinajstić information content (AvgIpc) is 2.75. The van der Waals surface area contributed by atoms with Crippen LogP contribution >= 0.6 is 11.6 Å². The second-order valence-electron chi connectivity index (χ2n) is 6.62. The number of rotatable bonds is 4. The highest BCUT2D eigenvalue weighted by molar-refractivity contribution is 6.32. The van der Waals surface area contributed by atoms with Crippen LogP contribution in [0.4, 0.5) is 5.69 Å². The summed E-state index contributed by atoms with van der Waals surface area (Å²) < 4.78 is 1.23. The third-order valence-electron chi connectivity index (χ3n) is 4.90. The number of para-hydroxylation sites is 2. The number of aromatic nitrogens is 1. The molecule has 0 radical (unpaired) electrons. The van der Waals surface area contributed by atoms with Crippen molar-refractivity contribution in [1.82, 2.24) is 4.57 Å². The molecule has 0 aliphatic rings. The highest BCUT2D eigenvalue weighted by atomic mass is 35.5. The Hall–Kier alpha value is -3.37. The summed E-state index contributed by atoms with van der Waals surface area (Å²) in [5, 5.41) is 12.6. The number of aryl methyl sites for hydroxylation is 1. The number of aliphatic imine (C=N–C) groups is 1. The number of fused-ring (bicyclic) bond motifs is 1. The molecule has 1 heterocycles. The van der Waals surface area contributed by atoms with Gasteiger partial charge in [-0.15, -0.1) is 0 Å². The van der Waals surface area contributed by atoms with E-state index in [1.165, 1.54) is 4.57 Å². The highest BCUT2D eigenvalue weighted by Crippen LogP contribution is 2.29. The lowest BCUT2D eigenvalue weighted by Crippen LogP contribution is -2.20. The molecule has 1 aromatic heterocycles. The molecule has 0 aliphatic carbocycles. The van der Waals surface area contributed by atoms with Crippen LogP contribution in [-0.4, -0.2) is 15.9 Å². The topological polar surface area (TPSA) is 54.6 Å². The van der Waals surface area contributed by atoms with Crippen molar-refractivity contribution < 1.29 is 5.11 Å². The Kier molecular flexibility index (Phi) is 5.19. The predicted octanol–water partition coefficient (Wildman–Crippen LogP) is 5.66. The smallest absolute Gasteiger partial charge is 0.265 e. The molecule has 0 fully saturated rings. The van der Waals surface area contributed by atoms with E-state index in [2.05, 4.69) is 11.9 Å². The minimum Gasteiger partial charge on any atom is -0.494 e. The minimum absolute atomic E-state index is 0.195. The molecule has 0 bridgehead atoms. The molecule has 4 rings (SSSR count). The maximum Gasteiger partial charge on any atom is 0.265 e. The van der Waals surface area contributed by atoms with Crippen LogP contribution in [0.2, 0.25) is 5.02 Å².